The fourth-order valence-electron chi connectivity index (χ4n) is 4.21. The number of cyclic esters (lactones) is 1. The highest BCUT2D eigenvalue weighted by Gasteiger charge is 2.41. The third-order valence-corrected chi connectivity index (χ3v) is 5.85. The Labute approximate surface area is 199 Å². The van der Waals surface area contributed by atoms with Gasteiger partial charge in [-0.05, 0) is 39.2 Å². The topological polar surface area (TPSA) is 72.9 Å². The van der Waals surface area contributed by atoms with Gasteiger partial charge in [0.15, 0.2) is 0 Å². The Morgan fingerprint density at radius 2 is 1.70 bits per heavy atom. The zero-order valence-corrected chi connectivity index (χ0v) is 20.8. The third kappa shape index (κ3) is 9.56. The molecule has 0 saturated carbocycles. The number of imide groups is 1. The van der Waals surface area contributed by atoms with Gasteiger partial charge in [0.2, 0.25) is 5.91 Å². The van der Waals surface area contributed by atoms with Gasteiger partial charge in [0.25, 0.3) is 0 Å². The second-order valence-electron chi connectivity index (χ2n) is 10.0. The fraction of sp³-hybridized carbons (Fsp3) is 0.667. The highest BCUT2D eigenvalue weighted by molar-refractivity contribution is 5.96. The van der Waals surface area contributed by atoms with Gasteiger partial charge < -0.3 is 9.47 Å². The number of hydrogen-bond acceptors (Lipinski definition) is 5. The van der Waals surface area contributed by atoms with E-state index in [9.17, 15) is 14.4 Å². The molecule has 1 aromatic carbocycles. The van der Waals surface area contributed by atoms with Gasteiger partial charge in [0.05, 0.1) is 12.5 Å². The number of hydrogen-bond donors (Lipinski definition) is 0. The summed E-state index contributed by atoms with van der Waals surface area (Å²) in [7, 11) is 0. The van der Waals surface area contributed by atoms with Crippen molar-refractivity contribution in [3.8, 4) is 0 Å². The molecule has 0 radical (unpaired) electrons. The SMILES string of the molecule is CCCCCCCCC[C@H](CC(=O)OC(C)(C)C)C(=O)N1C(=O)OCC1Cc1ccccc1. The lowest BCUT2D eigenvalue weighted by atomic mass is 9.94. The number of unbranched alkanes of at least 4 members (excludes halogenated alkanes) is 6. The number of amides is 2. The Hall–Kier alpha value is -2.37. The molecule has 1 fully saturated rings. The van der Waals surface area contributed by atoms with Crippen molar-refractivity contribution in [2.75, 3.05) is 6.61 Å². The highest BCUT2D eigenvalue weighted by Crippen LogP contribution is 2.25. The molecule has 33 heavy (non-hydrogen) atoms. The van der Waals surface area contributed by atoms with Crippen molar-refractivity contribution >= 4 is 18.0 Å². The molecule has 1 saturated heterocycles. The summed E-state index contributed by atoms with van der Waals surface area (Å²) in [5.41, 5.74) is 0.418. The molecule has 1 aliphatic heterocycles. The summed E-state index contributed by atoms with van der Waals surface area (Å²) < 4.78 is 10.7. The Kier molecular flexibility index (Phi) is 10.9. The third-order valence-electron chi connectivity index (χ3n) is 5.85. The van der Waals surface area contributed by atoms with Crippen LogP contribution in [0.3, 0.4) is 0 Å². The molecule has 1 aromatic rings. The van der Waals surface area contributed by atoms with Crippen molar-refractivity contribution in [2.45, 2.75) is 104 Å². The lowest BCUT2D eigenvalue weighted by molar-refractivity contribution is -0.158. The normalized spacial score (nSPS) is 17.0. The summed E-state index contributed by atoms with van der Waals surface area (Å²) in [5.74, 6) is -1.31. The van der Waals surface area contributed by atoms with Crippen LogP contribution in [0.2, 0.25) is 0 Å². The molecule has 0 spiro atoms. The molecule has 6 nitrogen and oxygen atoms in total. The minimum absolute atomic E-state index is 0.0201. The largest absolute Gasteiger partial charge is 0.460 e. The first kappa shape index (κ1) is 26.9. The first-order valence-corrected chi connectivity index (χ1v) is 12.5. The molecule has 2 amide bonds. The number of carbonyl (C=O) groups excluding carboxylic acids is 3. The summed E-state index contributed by atoms with van der Waals surface area (Å²) in [6, 6.07) is 9.39. The highest BCUT2D eigenvalue weighted by atomic mass is 16.6. The minimum Gasteiger partial charge on any atom is -0.460 e. The van der Waals surface area contributed by atoms with E-state index in [-0.39, 0.29) is 25.0 Å². The molecule has 2 rings (SSSR count). The zero-order valence-electron chi connectivity index (χ0n) is 20.8. The van der Waals surface area contributed by atoms with Crippen LogP contribution >= 0.6 is 0 Å². The van der Waals surface area contributed by atoms with Crippen molar-refractivity contribution in [1.29, 1.82) is 0 Å². The van der Waals surface area contributed by atoms with Crippen molar-refractivity contribution in [3.05, 3.63) is 35.9 Å². The molecule has 0 bridgehead atoms. The first-order chi connectivity index (χ1) is 15.7. The lowest BCUT2D eigenvalue weighted by Gasteiger charge is -2.26. The van der Waals surface area contributed by atoms with Gasteiger partial charge in [0.1, 0.15) is 12.2 Å². The number of esters is 1. The van der Waals surface area contributed by atoms with Crippen LogP contribution in [0.5, 0.6) is 0 Å². The molecular formula is C27H41NO5. The fourth-order valence-corrected chi connectivity index (χ4v) is 4.21. The molecule has 184 valence electrons. The van der Waals surface area contributed by atoms with Gasteiger partial charge in [-0.3, -0.25) is 9.59 Å². The number of nitrogens with zero attached hydrogens (tertiary/aromatic N) is 1. The van der Waals surface area contributed by atoms with Crippen molar-refractivity contribution in [1.82, 2.24) is 4.90 Å². The standard InChI is InChI=1S/C27H41NO5/c1-5-6-7-8-9-10-14-17-22(19-24(29)33-27(2,3)4)25(30)28-23(20-32-26(28)31)18-21-15-12-11-13-16-21/h11-13,15-16,22-23H,5-10,14,17-20H2,1-4H3/t22-,23?/m1/s1. The smallest absolute Gasteiger partial charge is 0.416 e. The minimum atomic E-state index is -0.619. The predicted octanol–water partition coefficient (Wildman–Crippen LogP) is 6.07. The lowest BCUT2D eigenvalue weighted by Crippen LogP contribution is -2.44. The molecule has 1 unspecified atom stereocenters. The molecular weight excluding hydrogens is 418 g/mol. The van der Waals surface area contributed by atoms with Crippen LogP contribution in [0, 0.1) is 5.92 Å². The monoisotopic (exact) mass is 459 g/mol. The van der Waals surface area contributed by atoms with Crippen LogP contribution in [-0.2, 0) is 25.5 Å². The molecule has 0 N–H and O–H groups in total. The average molecular weight is 460 g/mol. The second-order valence-corrected chi connectivity index (χ2v) is 10.0. The van der Waals surface area contributed by atoms with E-state index in [1.807, 2.05) is 51.1 Å². The Balaban J connectivity index is 2.04. The van der Waals surface area contributed by atoms with E-state index in [4.69, 9.17) is 9.47 Å². The van der Waals surface area contributed by atoms with E-state index < -0.39 is 23.6 Å². The van der Waals surface area contributed by atoms with Crippen molar-refractivity contribution < 1.29 is 23.9 Å². The zero-order chi connectivity index (χ0) is 24.3. The average Bonchev–Trinajstić information content (AvgIpc) is 3.11. The van der Waals surface area contributed by atoms with E-state index in [1.54, 1.807) is 0 Å². The van der Waals surface area contributed by atoms with Gasteiger partial charge in [0, 0.05) is 5.92 Å². The van der Waals surface area contributed by atoms with E-state index in [1.165, 1.54) is 30.6 Å². The van der Waals surface area contributed by atoms with Crippen LogP contribution in [0.1, 0.15) is 91.0 Å². The molecule has 1 heterocycles. The van der Waals surface area contributed by atoms with Crippen LogP contribution in [0.25, 0.3) is 0 Å². The predicted molar refractivity (Wildman–Crippen MR) is 129 cm³/mol. The second kappa shape index (κ2) is 13.4. The van der Waals surface area contributed by atoms with Gasteiger partial charge in [-0.2, -0.15) is 0 Å². The molecule has 2 atom stereocenters. The summed E-state index contributed by atoms with van der Waals surface area (Å²) in [4.78, 5) is 39.7. The van der Waals surface area contributed by atoms with E-state index in [0.717, 1.165) is 24.8 Å². The van der Waals surface area contributed by atoms with Crippen LogP contribution < -0.4 is 0 Å². The van der Waals surface area contributed by atoms with E-state index in [2.05, 4.69) is 6.92 Å². The maximum absolute atomic E-state index is 13.5. The van der Waals surface area contributed by atoms with Crippen LogP contribution in [0.4, 0.5) is 4.79 Å². The summed E-state index contributed by atoms with van der Waals surface area (Å²) in [5, 5.41) is 0. The van der Waals surface area contributed by atoms with Crippen LogP contribution in [-0.4, -0.2) is 41.1 Å². The number of benzene rings is 1. The number of rotatable bonds is 13. The maximum Gasteiger partial charge on any atom is 0.416 e. The molecule has 0 aliphatic carbocycles. The van der Waals surface area contributed by atoms with Crippen molar-refractivity contribution in [3.63, 3.8) is 0 Å². The van der Waals surface area contributed by atoms with E-state index in [0.29, 0.717) is 12.8 Å². The molecule has 0 aromatic heterocycles. The number of ether oxygens (including phenoxy) is 2. The first-order valence-electron chi connectivity index (χ1n) is 12.5. The van der Waals surface area contributed by atoms with Gasteiger partial charge in [-0.1, -0.05) is 82.2 Å². The van der Waals surface area contributed by atoms with Gasteiger partial charge in [-0.25, -0.2) is 9.69 Å². The molecule has 1 aliphatic rings. The van der Waals surface area contributed by atoms with Gasteiger partial charge in [-0.15, -0.1) is 0 Å². The Morgan fingerprint density at radius 3 is 2.33 bits per heavy atom. The Bertz CT molecular complexity index is 756. The number of carbonyl (C=O) groups is 3. The Morgan fingerprint density at radius 1 is 1.06 bits per heavy atom. The van der Waals surface area contributed by atoms with Gasteiger partial charge >= 0.3 is 12.1 Å². The summed E-state index contributed by atoms with van der Waals surface area (Å²) >= 11 is 0. The van der Waals surface area contributed by atoms with Crippen molar-refractivity contribution in [2.24, 2.45) is 5.92 Å². The quantitative estimate of drug-likeness (QED) is 0.265. The van der Waals surface area contributed by atoms with Crippen LogP contribution in [0.15, 0.2) is 30.3 Å². The summed E-state index contributed by atoms with van der Waals surface area (Å²) in [6.45, 7) is 7.81. The maximum atomic E-state index is 13.5. The summed E-state index contributed by atoms with van der Waals surface area (Å²) in [6.07, 6.45) is 8.33. The molecule has 6 heteroatoms. The van der Waals surface area contributed by atoms with E-state index >= 15 is 0 Å².